The van der Waals surface area contributed by atoms with Gasteiger partial charge >= 0.3 is 11.9 Å². The predicted octanol–water partition coefficient (Wildman–Crippen LogP) is 0.328. The fourth-order valence-electron chi connectivity index (χ4n) is 2.28. The van der Waals surface area contributed by atoms with Crippen molar-refractivity contribution in [1.82, 2.24) is 4.98 Å². The molecule has 2 atom stereocenters. The highest BCUT2D eigenvalue weighted by atomic mass is 16.4. The maximum atomic E-state index is 11.3. The molecule has 0 saturated carbocycles. The number of aliphatic hydroxyl groups is 1. The van der Waals surface area contributed by atoms with Crippen LogP contribution in [0, 0.1) is 0 Å². The van der Waals surface area contributed by atoms with Crippen molar-refractivity contribution in [3.8, 4) is 0 Å². The van der Waals surface area contributed by atoms with Gasteiger partial charge in [-0.1, -0.05) is 18.2 Å². The lowest BCUT2D eigenvalue weighted by molar-refractivity contribution is -0.160. The number of aliphatic carboxylic acids is 2. The molecular weight excluding hydrogens is 276 g/mol. The maximum absolute atomic E-state index is 11.3. The molecule has 1 aromatic carbocycles. The van der Waals surface area contributed by atoms with Crippen LogP contribution in [-0.4, -0.2) is 43.9 Å². The molecule has 7 heteroatoms. The Morgan fingerprint density at radius 3 is 2.57 bits per heavy atom. The van der Waals surface area contributed by atoms with Crippen LogP contribution in [0.5, 0.6) is 0 Å². The van der Waals surface area contributed by atoms with E-state index in [1.54, 1.807) is 18.3 Å². The highest BCUT2D eigenvalue weighted by Crippen LogP contribution is 2.25. The Morgan fingerprint density at radius 2 is 1.95 bits per heavy atom. The molecule has 6 N–H and O–H groups in total. The lowest BCUT2D eigenvalue weighted by atomic mass is 9.88. The number of H-pyrrole nitrogens is 1. The number of carboxylic acid groups (broad SMARTS) is 2. The number of rotatable bonds is 6. The lowest BCUT2D eigenvalue weighted by Gasteiger charge is -2.24. The van der Waals surface area contributed by atoms with E-state index in [0.717, 1.165) is 10.9 Å². The van der Waals surface area contributed by atoms with E-state index in [0.29, 0.717) is 5.56 Å². The monoisotopic (exact) mass is 292 g/mol. The summed E-state index contributed by atoms with van der Waals surface area (Å²) in [5.74, 6) is -2.85. The Labute approximate surface area is 120 Å². The van der Waals surface area contributed by atoms with Gasteiger partial charge in [-0.2, -0.15) is 0 Å². The molecule has 7 nitrogen and oxygen atoms in total. The average Bonchev–Trinajstić information content (AvgIpc) is 2.81. The normalized spacial score (nSPS) is 15.5. The minimum atomic E-state index is -2.23. The van der Waals surface area contributed by atoms with Crippen molar-refractivity contribution in [3.05, 3.63) is 36.0 Å². The van der Waals surface area contributed by atoms with Gasteiger partial charge in [-0.3, -0.25) is 4.79 Å². The number of carbonyl (C=O) groups is 2. The number of fused-ring (bicyclic) bond motifs is 1. The fourth-order valence-corrected chi connectivity index (χ4v) is 2.28. The molecule has 0 saturated heterocycles. The van der Waals surface area contributed by atoms with Gasteiger partial charge in [0.2, 0.25) is 0 Å². The molecule has 1 aromatic heterocycles. The van der Waals surface area contributed by atoms with Crippen LogP contribution >= 0.6 is 0 Å². The summed E-state index contributed by atoms with van der Waals surface area (Å²) in [5, 5.41) is 29.1. The van der Waals surface area contributed by atoms with E-state index in [-0.39, 0.29) is 6.42 Å². The molecular formula is C14H16N2O5. The molecule has 1 heterocycles. The fraction of sp³-hybridized carbons (Fsp3) is 0.286. The van der Waals surface area contributed by atoms with Crippen molar-refractivity contribution in [3.63, 3.8) is 0 Å². The van der Waals surface area contributed by atoms with Gasteiger partial charge in [0, 0.05) is 29.9 Å². The third kappa shape index (κ3) is 3.04. The van der Waals surface area contributed by atoms with Crippen LogP contribution in [0.4, 0.5) is 0 Å². The minimum Gasteiger partial charge on any atom is -0.480 e. The third-order valence-electron chi connectivity index (χ3n) is 3.43. The minimum absolute atomic E-state index is 0.229. The van der Waals surface area contributed by atoms with Gasteiger partial charge in [0.05, 0.1) is 0 Å². The molecule has 0 radical (unpaired) electrons. The summed E-state index contributed by atoms with van der Waals surface area (Å²) in [6.07, 6.45) is 0.801. The average molecular weight is 292 g/mol. The second-order valence-electron chi connectivity index (χ2n) is 5.02. The Morgan fingerprint density at radius 1 is 1.29 bits per heavy atom. The first-order chi connectivity index (χ1) is 9.83. The number of nitrogens with one attached hydrogen (secondary N) is 1. The number of benzene rings is 1. The molecule has 0 aliphatic carbocycles. The molecule has 2 aromatic rings. The van der Waals surface area contributed by atoms with E-state index in [1.807, 2.05) is 12.1 Å². The van der Waals surface area contributed by atoms with Crippen molar-refractivity contribution in [2.45, 2.75) is 24.5 Å². The van der Waals surface area contributed by atoms with Gasteiger partial charge in [-0.05, 0) is 11.6 Å². The van der Waals surface area contributed by atoms with Gasteiger partial charge in [-0.15, -0.1) is 0 Å². The number of carboxylic acids is 2. The van der Waals surface area contributed by atoms with Gasteiger partial charge in [0.15, 0.2) is 5.60 Å². The van der Waals surface area contributed by atoms with E-state index < -0.39 is 30.0 Å². The Kier molecular flexibility index (Phi) is 3.97. The topological polar surface area (TPSA) is 137 Å². The first kappa shape index (κ1) is 15.0. The van der Waals surface area contributed by atoms with E-state index >= 15 is 0 Å². The molecule has 112 valence electrons. The number of para-hydroxylation sites is 1. The Hall–Kier alpha value is -2.38. The summed E-state index contributed by atoms with van der Waals surface area (Å²) in [7, 11) is 0. The van der Waals surface area contributed by atoms with Gasteiger partial charge in [-0.25, -0.2) is 4.79 Å². The molecule has 0 aliphatic heterocycles. The standard InChI is InChI=1S/C14H16N2O5/c15-10(12(17)18)6-14(21,13(19)20)5-8-7-16-11-4-2-1-3-9(8)11/h1-4,7,10,16,21H,5-6,15H2,(H,17,18)(H,19,20)/t10-,14-/m1/s1. The summed E-state index contributed by atoms with van der Waals surface area (Å²) >= 11 is 0. The predicted molar refractivity (Wildman–Crippen MR) is 74.8 cm³/mol. The number of hydrogen-bond acceptors (Lipinski definition) is 4. The zero-order valence-electron chi connectivity index (χ0n) is 11.1. The Balaban J connectivity index is 2.31. The molecule has 0 spiro atoms. The zero-order valence-corrected chi connectivity index (χ0v) is 11.1. The molecule has 0 unspecified atom stereocenters. The summed E-state index contributed by atoms with van der Waals surface area (Å²) < 4.78 is 0. The summed E-state index contributed by atoms with van der Waals surface area (Å²) in [6, 6.07) is 5.79. The van der Waals surface area contributed by atoms with E-state index in [1.165, 1.54) is 0 Å². The van der Waals surface area contributed by atoms with Crippen LogP contribution < -0.4 is 5.73 Å². The molecule has 0 amide bonds. The highest BCUT2D eigenvalue weighted by Gasteiger charge is 2.40. The third-order valence-corrected chi connectivity index (χ3v) is 3.43. The summed E-state index contributed by atoms with van der Waals surface area (Å²) in [6.45, 7) is 0. The van der Waals surface area contributed by atoms with Crippen LogP contribution in [0.25, 0.3) is 10.9 Å². The molecule has 21 heavy (non-hydrogen) atoms. The van der Waals surface area contributed by atoms with E-state index in [2.05, 4.69) is 4.98 Å². The van der Waals surface area contributed by atoms with Crippen LogP contribution in [0.2, 0.25) is 0 Å². The second kappa shape index (κ2) is 5.55. The van der Waals surface area contributed by atoms with Crippen LogP contribution in [0.15, 0.2) is 30.5 Å². The van der Waals surface area contributed by atoms with Crippen LogP contribution in [0.3, 0.4) is 0 Å². The van der Waals surface area contributed by atoms with Crippen molar-refractivity contribution >= 4 is 22.8 Å². The van der Waals surface area contributed by atoms with Gasteiger partial charge in [0.25, 0.3) is 0 Å². The maximum Gasteiger partial charge on any atom is 0.336 e. The first-order valence-corrected chi connectivity index (χ1v) is 6.32. The molecule has 0 bridgehead atoms. The smallest absolute Gasteiger partial charge is 0.336 e. The largest absolute Gasteiger partial charge is 0.480 e. The number of nitrogens with two attached hydrogens (primary N) is 1. The van der Waals surface area contributed by atoms with E-state index in [4.69, 9.17) is 10.8 Å². The second-order valence-corrected chi connectivity index (χ2v) is 5.02. The lowest BCUT2D eigenvalue weighted by Crippen LogP contribution is -2.48. The highest BCUT2D eigenvalue weighted by molar-refractivity contribution is 5.85. The summed E-state index contributed by atoms with van der Waals surface area (Å²) in [5.41, 5.74) is 4.52. The zero-order chi connectivity index (χ0) is 15.6. The van der Waals surface area contributed by atoms with Gasteiger partial charge in [0.1, 0.15) is 6.04 Å². The molecule has 0 aliphatic rings. The quantitative estimate of drug-likeness (QED) is 0.520. The first-order valence-electron chi connectivity index (χ1n) is 6.32. The van der Waals surface area contributed by atoms with Crippen molar-refractivity contribution in [1.29, 1.82) is 0 Å². The molecule has 0 fully saturated rings. The van der Waals surface area contributed by atoms with Crippen molar-refractivity contribution in [2.24, 2.45) is 5.73 Å². The number of hydrogen-bond donors (Lipinski definition) is 5. The van der Waals surface area contributed by atoms with Crippen LogP contribution in [0.1, 0.15) is 12.0 Å². The van der Waals surface area contributed by atoms with E-state index in [9.17, 15) is 19.8 Å². The Bertz CT molecular complexity index is 681. The molecule has 2 rings (SSSR count). The number of aromatic nitrogens is 1. The van der Waals surface area contributed by atoms with Crippen molar-refractivity contribution < 1.29 is 24.9 Å². The number of aromatic amines is 1. The summed E-state index contributed by atoms with van der Waals surface area (Å²) in [4.78, 5) is 25.1. The van der Waals surface area contributed by atoms with Crippen molar-refractivity contribution in [2.75, 3.05) is 0 Å². The van der Waals surface area contributed by atoms with Gasteiger partial charge < -0.3 is 26.0 Å². The van der Waals surface area contributed by atoms with Crippen LogP contribution in [-0.2, 0) is 16.0 Å². The SMILES string of the molecule is N[C@H](C[C@](O)(Cc1c[nH]c2ccccc12)C(=O)O)C(=O)O.